The van der Waals surface area contributed by atoms with Crippen molar-refractivity contribution in [2.45, 2.75) is 5.54 Å². The van der Waals surface area contributed by atoms with E-state index in [1.54, 1.807) is 0 Å². The Balaban J connectivity index is 1.99. The Labute approximate surface area is 171 Å². The largest absolute Gasteiger partial charge is 0.271 e. The molecule has 136 valence electrons. The van der Waals surface area contributed by atoms with Crippen molar-refractivity contribution in [2.75, 3.05) is 0 Å². The summed E-state index contributed by atoms with van der Waals surface area (Å²) in [5, 5.41) is 0.714. The number of hydrogen-bond acceptors (Lipinski definition) is 1. The van der Waals surface area contributed by atoms with E-state index in [0.717, 1.165) is 22.3 Å². The third-order valence-corrected chi connectivity index (χ3v) is 5.10. The van der Waals surface area contributed by atoms with Crippen LogP contribution in [0, 0.1) is 0 Å². The van der Waals surface area contributed by atoms with Gasteiger partial charge in [0.25, 0.3) is 0 Å². The van der Waals surface area contributed by atoms with Gasteiger partial charge < -0.3 is 0 Å². The summed E-state index contributed by atoms with van der Waals surface area (Å²) in [6.45, 7) is 0. The Morgan fingerprint density at radius 1 is 0.536 bits per heavy atom. The molecule has 1 nitrogen and oxygen atoms in total. The molecular weight excluding hydrogens is 362 g/mol. The normalized spacial score (nSPS) is 11.6. The maximum atomic E-state index is 6.19. The number of nitrogens with zero attached hydrogens (tertiary/aromatic N) is 1. The van der Waals surface area contributed by atoms with Crippen LogP contribution in [0.1, 0.15) is 22.3 Å². The number of hydrogen-bond donors (Lipinski definition) is 0. The molecule has 0 spiro atoms. The summed E-state index contributed by atoms with van der Waals surface area (Å²) in [6.07, 6.45) is 1.95. The summed E-state index contributed by atoms with van der Waals surface area (Å²) in [5.74, 6) is 0. The standard InChI is InChI=1S/C26H20ClN/c27-25-18-16-24(17-19-25)26(22-12-6-2-7-13-22,23-14-8-3-9-15-23)28-20-21-10-4-1-5-11-21/h1-20H. The second kappa shape index (κ2) is 8.24. The Hall–Kier alpha value is -3.16. The van der Waals surface area contributed by atoms with Gasteiger partial charge in [-0.25, -0.2) is 0 Å². The van der Waals surface area contributed by atoms with Crippen LogP contribution in [0.15, 0.2) is 120 Å². The minimum Gasteiger partial charge on any atom is -0.271 e. The molecule has 0 aliphatic rings. The molecule has 0 saturated heterocycles. The lowest BCUT2D eigenvalue weighted by atomic mass is 9.77. The zero-order valence-electron chi connectivity index (χ0n) is 15.4. The van der Waals surface area contributed by atoms with Crippen molar-refractivity contribution in [2.24, 2.45) is 4.99 Å². The molecule has 4 aromatic carbocycles. The van der Waals surface area contributed by atoms with Gasteiger partial charge in [-0.1, -0.05) is 115 Å². The van der Waals surface area contributed by atoms with Gasteiger partial charge in [-0.2, -0.15) is 0 Å². The fraction of sp³-hybridized carbons (Fsp3) is 0.0385. The SMILES string of the molecule is Clc1ccc(C(N=Cc2ccccc2)(c2ccccc2)c2ccccc2)cc1. The zero-order chi connectivity index (χ0) is 19.2. The molecule has 0 bridgehead atoms. The molecule has 0 fully saturated rings. The maximum Gasteiger partial charge on any atom is 0.136 e. The molecule has 0 radical (unpaired) electrons. The van der Waals surface area contributed by atoms with E-state index in [1.165, 1.54) is 0 Å². The summed E-state index contributed by atoms with van der Waals surface area (Å²) >= 11 is 6.19. The van der Waals surface area contributed by atoms with Crippen LogP contribution >= 0.6 is 11.6 Å². The molecule has 2 heteroatoms. The van der Waals surface area contributed by atoms with Crippen molar-refractivity contribution >= 4 is 17.8 Å². The number of benzene rings is 4. The minimum absolute atomic E-state index is 0.664. The molecular formula is C26H20ClN. The van der Waals surface area contributed by atoms with E-state index in [-0.39, 0.29) is 0 Å². The number of rotatable bonds is 5. The van der Waals surface area contributed by atoms with Gasteiger partial charge in [-0.3, -0.25) is 4.99 Å². The summed E-state index contributed by atoms with van der Waals surface area (Å²) < 4.78 is 0. The quantitative estimate of drug-likeness (QED) is 0.268. The predicted octanol–water partition coefficient (Wildman–Crippen LogP) is 6.75. The fourth-order valence-corrected chi connectivity index (χ4v) is 3.61. The summed E-state index contributed by atoms with van der Waals surface area (Å²) in [5.41, 5.74) is 3.68. The predicted molar refractivity (Wildman–Crippen MR) is 118 cm³/mol. The molecule has 0 heterocycles. The van der Waals surface area contributed by atoms with Crippen LogP contribution in [0.5, 0.6) is 0 Å². The van der Waals surface area contributed by atoms with E-state index in [0.29, 0.717) is 5.02 Å². The topological polar surface area (TPSA) is 12.4 Å². The second-order valence-corrected chi connectivity index (χ2v) is 7.05. The van der Waals surface area contributed by atoms with Gasteiger partial charge in [0.05, 0.1) is 0 Å². The number of halogens is 1. The first-order valence-corrected chi connectivity index (χ1v) is 9.64. The van der Waals surface area contributed by atoms with Crippen LogP contribution < -0.4 is 0 Å². The average Bonchev–Trinajstić information content (AvgIpc) is 2.77. The third kappa shape index (κ3) is 3.62. The van der Waals surface area contributed by atoms with Crippen LogP contribution in [0.25, 0.3) is 0 Å². The lowest BCUT2D eigenvalue weighted by Crippen LogP contribution is -2.27. The molecule has 0 aliphatic carbocycles. The van der Waals surface area contributed by atoms with E-state index in [2.05, 4.69) is 72.8 Å². The highest BCUT2D eigenvalue weighted by atomic mass is 35.5. The van der Waals surface area contributed by atoms with Gasteiger partial charge in [-0.15, -0.1) is 0 Å². The average molecular weight is 382 g/mol. The van der Waals surface area contributed by atoms with Crippen molar-refractivity contribution in [3.05, 3.63) is 143 Å². The monoisotopic (exact) mass is 381 g/mol. The first-order chi connectivity index (χ1) is 13.8. The van der Waals surface area contributed by atoms with Gasteiger partial charge >= 0.3 is 0 Å². The van der Waals surface area contributed by atoms with E-state index in [4.69, 9.17) is 16.6 Å². The smallest absolute Gasteiger partial charge is 0.136 e. The molecule has 28 heavy (non-hydrogen) atoms. The molecule has 0 aromatic heterocycles. The van der Waals surface area contributed by atoms with E-state index in [1.807, 2.05) is 48.7 Å². The Morgan fingerprint density at radius 2 is 0.964 bits per heavy atom. The summed E-state index contributed by atoms with van der Waals surface area (Å²) in [7, 11) is 0. The second-order valence-electron chi connectivity index (χ2n) is 6.62. The molecule has 0 aliphatic heterocycles. The van der Waals surface area contributed by atoms with Crippen LogP contribution in [0.4, 0.5) is 0 Å². The van der Waals surface area contributed by atoms with Crippen LogP contribution in [0.2, 0.25) is 5.02 Å². The molecule has 4 rings (SSSR count). The lowest BCUT2D eigenvalue weighted by Gasteiger charge is -2.32. The highest BCUT2D eigenvalue weighted by Crippen LogP contribution is 2.40. The van der Waals surface area contributed by atoms with Gasteiger partial charge in [0.2, 0.25) is 0 Å². The molecule has 0 amide bonds. The third-order valence-electron chi connectivity index (χ3n) is 4.85. The molecule has 0 atom stereocenters. The Bertz CT molecular complexity index is 1000. The van der Waals surface area contributed by atoms with Crippen LogP contribution in [-0.2, 0) is 5.54 Å². The van der Waals surface area contributed by atoms with Crippen LogP contribution in [0.3, 0.4) is 0 Å². The highest BCUT2D eigenvalue weighted by Gasteiger charge is 2.35. The number of aliphatic imine (C=N–C) groups is 1. The van der Waals surface area contributed by atoms with Gasteiger partial charge in [-0.05, 0) is 34.4 Å². The van der Waals surface area contributed by atoms with E-state index in [9.17, 15) is 0 Å². The summed E-state index contributed by atoms with van der Waals surface area (Å²) in [6, 6.07) is 39.0. The minimum atomic E-state index is -0.664. The van der Waals surface area contributed by atoms with E-state index >= 15 is 0 Å². The first-order valence-electron chi connectivity index (χ1n) is 9.26. The van der Waals surface area contributed by atoms with Crippen molar-refractivity contribution in [1.82, 2.24) is 0 Å². The summed E-state index contributed by atoms with van der Waals surface area (Å²) in [4.78, 5) is 5.20. The molecule has 0 unspecified atom stereocenters. The van der Waals surface area contributed by atoms with Gasteiger partial charge in [0.15, 0.2) is 0 Å². The van der Waals surface area contributed by atoms with Crippen LogP contribution in [-0.4, -0.2) is 6.21 Å². The lowest BCUT2D eigenvalue weighted by molar-refractivity contribution is 0.660. The first kappa shape index (κ1) is 18.2. The zero-order valence-corrected chi connectivity index (χ0v) is 16.1. The van der Waals surface area contributed by atoms with Gasteiger partial charge in [0.1, 0.15) is 5.54 Å². The molecule has 0 N–H and O–H groups in total. The maximum absolute atomic E-state index is 6.19. The van der Waals surface area contributed by atoms with Crippen molar-refractivity contribution in [1.29, 1.82) is 0 Å². The highest BCUT2D eigenvalue weighted by molar-refractivity contribution is 6.30. The van der Waals surface area contributed by atoms with Crippen molar-refractivity contribution < 1.29 is 0 Å². The molecule has 4 aromatic rings. The molecule has 0 saturated carbocycles. The van der Waals surface area contributed by atoms with Crippen molar-refractivity contribution in [3.63, 3.8) is 0 Å². The van der Waals surface area contributed by atoms with Gasteiger partial charge in [0, 0.05) is 11.2 Å². The fourth-order valence-electron chi connectivity index (χ4n) is 3.48. The van der Waals surface area contributed by atoms with E-state index < -0.39 is 5.54 Å². The Kier molecular flexibility index (Phi) is 5.36. The Morgan fingerprint density at radius 3 is 1.46 bits per heavy atom. The van der Waals surface area contributed by atoms with Crippen molar-refractivity contribution in [3.8, 4) is 0 Å².